The Labute approximate surface area is 168 Å². The first kappa shape index (κ1) is 20.6. The van der Waals surface area contributed by atoms with Crippen LogP contribution in [0.3, 0.4) is 0 Å². The minimum Gasteiger partial charge on any atom is -0.475 e. The molecule has 0 unspecified atom stereocenters. The van der Waals surface area contributed by atoms with E-state index in [1.807, 2.05) is 12.1 Å². The second-order valence-electron chi connectivity index (χ2n) is 6.62. The Morgan fingerprint density at radius 1 is 1.07 bits per heavy atom. The van der Waals surface area contributed by atoms with Crippen molar-refractivity contribution >= 4 is 11.9 Å². The number of carbonyl (C=O) groups excluding carboxylic acids is 1. The van der Waals surface area contributed by atoms with Crippen LogP contribution in [-0.2, 0) is 32.2 Å². The largest absolute Gasteiger partial charge is 0.475 e. The van der Waals surface area contributed by atoms with Crippen LogP contribution >= 0.6 is 0 Å². The Bertz CT molecular complexity index is 884. The summed E-state index contributed by atoms with van der Waals surface area (Å²) in [6.07, 6.45) is 1.25. The minimum absolute atomic E-state index is 0.0317. The molecule has 0 fully saturated rings. The van der Waals surface area contributed by atoms with Crippen LogP contribution in [0.5, 0.6) is 0 Å². The van der Waals surface area contributed by atoms with E-state index in [1.54, 1.807) is 42.5 Å². The number of carbonyl (C=O) groups is 2. The highest BCUT2D eigenvalue weighted by Crippen LogP contribution is 2.32. The van der Waals surface area contributed by atoms with Crippen LogP contribution in [0.25, 0.3) is 0 Å². The fraction of sp³-hybridized carbons (Fsp3) is 0.273. The molecule has 29 heavy (non-hydrogen) atoms. The number of ether oxygens (including phenoxy) is 3. The van der Waals surface area contributed by atoms with Crippen LogP contribution in [0.2, 0.25) is 0 Å². The van der Waals surface area contributed by atoms with Crippen molar-refractivity contribution in [2.24, 2.45) is 0 Å². The zero-order valence-corrected chi connectivity index (χ0v) is 15.9. The molecule has 2 N–H and O–H groups in total. The van der Waals surface area contributed by atoms with Crippen molar-refractivity contribution in [3.05, 3.63) is 82.6 Å². The lowest BCUT2D eigenvalue weighted by Gasteiger charge is -2.28. The smallest absolute Gasteiger partial charge is 0.370 e. The van der Waals surface area contributed by atoms with Crippen LogP contribution in [-0.4, -0.2) is 35.6 Å². The molecule has 7 nitrogen and oxygen atoms in total. The molecule has 0 amide bonds. The lowest BCUT2D eigenvalue weighted by molar-refractivity contribution is -0.159. The topological polar surface area (TPSA) is 102 Å². The maximum Gasteiger partial charge on any atom is 0.370 e. The van der Waals surface area contributed by atoms with Gasteiger partial charge in [0, 0.05) is 12.3 Å². The van der Waals surface area contributed by atoms with Crippen LogP contribution in [0, 0.1) is 0 Å². The van der Waals surface area contributed by atoms with Gasteiger partial charge in [-0.25, -0.2) is 9.59 Å². The molecular formula is C22H22O7. The van der Waals surface area contributed by atoms with Crippen LogP contribution in [0.4, 0.5) is 0 Å². The van der Waals surface area contributed by atoms with Crippen molar-refractivity contribution < 1.29 is 34.0 Å². The Hall–Kier alpha value is -3.16. The molecule has 0 spiro atoms. The molecule has 0 bridgehead atoms. The number of carboxylic acid groups (broad SMARTS) is 1. The number of methoxy groups -OCH3 is 1. The van der Waals surface area contributed by atoms with Crippen molar-refractivity contribution in [2.75, 3.05) is 7.11 Å². The number of allylic oxidation sites excluding steroid dienone is 1. The third-order valence-electron chi connectivity index (χ3n) is 4.67. The van der Waals surface area contributed by atoms with Crippen molar-refractivity contribution in [2.45, 2.75) is 31.8 Å². The van der Waals surface area contributed by atoms with Gasteiger partial charge in [-0.1, -0.05) is 36.4 Å². The highest BCUT2D eigenvalue weighted by molar-refractivity contribution is 5.89. The SMILES string of the molecule is COC(=O)c1ccc([C@@H]2C=C(C(=O)O)O[C@H](OCc3ccc(CO)cc3)C2)cc1. The van der Waals surface area contributed by atoms with Crippen molar-refractivity contribution in [3.63, 3.8) is 0 Å². The van der Waals surface area contributed by atoms with E-state index in [0.717, 1.165) is 16.7 Å². The second kappa shape index (κ2) is 9.36. The van der Waals surface area contributed by atoms with Gasteiger partial charge in [0.05, 0.1) is 25.9 Å². The molecule has 1 aliphatic rings. The lowest BCUT2D eigenvalue weighted by Crippen LogP contribution is -2.26. The van der Waals surface area contributed by atoms with Gasteiger partial charge in [-0.2, -0.15) is 0 Å². The minimum atomic E-state index is -1.17. The summed E-state index contributed by atoms with van der Waals surface area (Å²) in [6.45, 7) is 0.216. The van der Waals surface area contributed by atoms with Gasteiger partial charge in [0.1, 0.15) is 0 Å². The number of benzene rings is 2. The predicted octanol–water partition coefficient (Wildman–Crippen LogP) is 2.98. The number of aliphatic carboxylic acids is 1. The molecule has 0 saturated carbocycles. The summed E-state index contributed by atoms with van der Waals surface area (Å²) >= 11 is 0. The first-order valence-electron chi connectivity index (χ1n) is 9.10. The molecule has 2 atom stereocenters. The number of aliphatic hydroxyl groups excluding tert-OH is 1. The quantitative estimate of drug-likeness (QED) is 0.691. The molecule has 0 aliphatic carbocycles. The Morgan fingerprint density at radius 3 is 2.31 bits per heavy atom. The van der Waals surface area contributed by atoms with Crippen molar-refractivity contribution in [3.8, 4) is 0 Å². The first-order chi connectivity index (χ1) is 14.0. The monoisotopic (exact) mass is 398 g/mol. The van der Waals surface area contributed by atoms with Gasteiger partial charge in [0.25, 0.3) is 0 Å². The van der Waals surface area contributed by atoms with E-state index >= 15 is 0 Å². The van der Waals surface area contributed by atoms with Crippen LogP contribution < -0.4 is 0 Å². The van der Waals surface area contributed by atoms with Crippen LogP contribution in [0.15, 0.2) is 60.4 Å². The average molecular weight is 398 g/mol. The van der Waals surface area contributed by atoms with Gasteiger partial charge in [-0.3, -0.25) is 0 Å². The molecule has 0 saturated heterocycles. The number of aliphatic hydroxyl groups is 1. The first-order valence-corrected chi connectivity index (χ1v) is 9.10. The van der Waals surface area contributed by atoms with Crippen molar-refractivity contribution in [1.82, 2.24) is 0 Å². The molecule has 3 rings (SSSR count). The summed E-state index contributed by atoms with van der Waals surface area (Å²) in [4.78, 5) is 23.1. The van der Waals surface area contributed by atoms with E-state index in [1.165, 1.54) is 7.11 Å². The van der Waals surface area contributed by atoms with Gasteiger partial charge in [-0.05, 0) is 34.9 Å². The molecule has 7 heteroatoms. The number of esters is 1. The predicted molar refractivity (Wildman–Crippen MR) is 103 cm³/mol. The number of carboxylic acids is 1. The van der Waals surface area contributed by atoms with Gasteiger partial charge in [-0.15, -0.1) is 0 Å². The summed E-state index contributed by atoms with van der Waals surface area (Å²) in [6, 6.07) is 14.1. The van der Waals surface area contributed by atoms with E-state index in [2.05, 4.69) is 0 Å². The van der Waals surface area contributed by atoms with E-state index in [0.29, 0.717) is 12.0 Å². The molecule has 1 aliphatic heterocycles. The van der Waals surface area contributed by atoms with Gasteiger partial charge in [0.2, 0.25) is 12.0 Å². The van der Waals surface area contributed by atoms with Gasteiger partial charge >= 0.3 is 11.9 Å². The lowest BCUT2D eigenvalue weighted by atomic mass is 9.92. The highest BCUT2D eigenvalue weighted by Gasteiger charge is 2.28. The van der Waals surface area contributed by atoms with E-state index < -0.39 is 18.2 Å². The normalized spacial score (nSPS) is 18.5. The zero-order valence-electron chi connectivity index (χ0n) is 15.9. The standard InChI is InChI=1S/C22H22O7/c1-27-22(26)17-8-6-16(7-9-17)18-10-19(21(24)25)29-20(11-18)28-13-15-4-2-14(12-23)3-5-15/h2-10,18,20,23H,11-13H2,1H3,(H,24,25)/t18-,20+/m1/s1. The van der Waals surface area contributed by atoms with E-state index in [-0.39, 0.29) is 24.9 Å². The maximum atomic E-state index is 11.6. The maximum absolute atomic E-state index is 11.6. The summed E-state index contributed by atoms with van der Waals surface area (Å²) < 4.78 is 16.0. The summed E-state index contributed by atoms with van der Waals surface area (Å²) in [7, 11) is 1.32. The zero-order chi connectivity index (χ0) is 20.8. The fourth-order valence-corrected chi connectivity index (χ4v) is 3.06. The third kappa shape index (κ3) is 5.22. The molecule has 152 valence electrons. The number of hydrogen-bond donors (Lipinski definition) is 2. The molecule has 0 radical (unpaired) electrons. The Morgan fingerprint density at radius 2 is 1.72 bits per heavy atom. The average Bonchev–Trinajstić information content (AvgIpc) is 2.77. The van der Waals surface area contributed by atoms with Gasteiger partial charge < -0.3 is 24.4 Å². The summed E-state index contributed by atoms with van der Waals surface area (Å²) in [5, 5.41) is 18.5. The van der Waals surface area contributed by atoms with Crippen LogP contribution in [0.1, 0.15) is 39.4 Å². The summed E-state index contributed by atoms with van der Waals surface area (Å²) in [5.41, 5.74) is 2.95. The Balaban J connectivity index is 1.71. The fourth-order valence-electron chi connectivity index (χ4n) is 3.06. The highest BCUT2D eigenvalue weighted by atomic mass is 16.7. The van der Waals surface area contributed by atoms with Gasteiger partial charge in [0.15, 0.2) is 0 Å². The van der Waals surface area contributed by atoms with E-state index in [9.17, 15) is 14.7 Å². The third-order valence-corrected chi connectivity index (χ3v) is 4.67. The molecule has 0 aromatic heterocycles. The van der Waals surface area contributed by atoms with E-state index in [4.69, 9.17) is 19.3 Å². The molecule has 1 heterocycles. The molecular weight excluding hydrogens is 376 g/mol. The summed E-state index contributed by atoms with van der Waals surface area (Å²) in [5.74, 6) is -2.00. The second-order valence-corrected chi connectivity index (χ2v) is 6.62. The molecule has 2 aromatic carbocycles. The number of hydrogen-bond acceptors (Lipinski definition) is 6. The van der Waals surface area contributed by atoms with Crippen molar-refractivity contribution in [1.29, 1.82) is 0 Å². The Kier molecular flexibility index (Phi) is 6.64. The molecule has 2 aromatic rings. The number of rotatable bonds is 7.